The molecule has 1 aromatic carbocycles. The van der Waals surface area contributed by atoms with Crippen molar-refractivity contribution in [1.82, 2.24) is 0 Å². The van der Waals surface area contributed by atoms with Gasteiger partial charge in [-0.25, -0.2) is 0 Å². The topological polar surface area (TPSA) is 0 Å². The third kappa shape index (κ3) is 4.20. The van der Waals surface area contributed by atoms with Crippen molar-refractivity contribution in [1.29, 1.82) is 0 Å². The van der Waals surface area contributed by atoms with Gasteiger partial charge in [-0.2, -0.15) is 0 Å². The van der Waals surface area contributed by atoms with Gasteiger partial charge in [-0.3, -0.25) is 0 Å². The van der Waals surface area contributed by atoms with Gasteiger partial charge in [0.15, 0.2) is 0 Å². The van der Waals surface area contributed by atoms with Gasteiger partial charge < -0.3 is 0 Å². The van der Waals surface area contributed by atoms with Crippen LogP contribution in [-0.4, -0.2) is 0 Å². The van der Waals surface area contributed by atoms with Crippen LogP contribution in [0.4, 0.5) is 0 Å². The maximum atomic E-state index is 4.81. The van der Waals surface area contributed by atoms with E-state index >= 15 is 0 Å². The maximum Gasteiger partial charge on any atom is 0.0194 e. The fraction of sp³-hybridized carbons (Fsp3) is 0.474. The highest BCUT2D eigenvalue weighted by atomic mass is 14.6. The van der Waals surface area contributed by atoms with Crippen molar-refractivity contribution in [2.75, 3.05) is 0 Å². The zero-order valence-electron chi connectivity index (χ0n) is 26.0. The van der Waals surface area contributed by atoms with Crippen LogP contribution in [-0.2, 0) is 6.42 Å². The van der Waals surface area contributed by atoms with Gasteiger partial charge in [0.05, 0.1) is 0 Å². The van der Waals surface area contributed by atoms with Crippen molar-refractivity contribution in [2.24, 2.45) is 21.7 Å². The Hall–Kier alpha value is -2.60. The van der Waals surface area contributed by atoms with Crippen molar-refractivity contribution in [3.63, 3.8) is 0 Å². The molecule has 202 valence electrons. The first-order chi connectivity index (χ1) is 17.4. The first kappa shape index (κ1) is 28.4. The van der Waals surface area contributed by atoms with Crippen LogP contribution in [0.25, 0.3) is 11.6 Å². The van der Waals surface area contributed by atoms with Crippen molar-refractivity contribution >= 4 is 11.6 Å². The van der Waals surface area contributed by atoms with Gasteiger partial charge in [-0.1, -0.05) is 114 Å². The lowest BCUT2D eigenvalue weighted by atomic mass is 9.41. The lowest BCUT2D eigenvalue weighted by Crippen LogP contribution is -2.52. The smallest absolute Gasteiger partial charge is 0.0194 e. The van der Waals surface area contributed by atoms with Gasteiger partial charge in [-0.15, -0.1) is 0 Å². The van der Waals surface area contributed by atoms with Gasteiger partial charge in [0.2, 0.25) is 0 Å². The van der Waals surface area contributed by atoms with E-state index in [2.05, 4.69) is 107 Å². The summed E-state index contributed by atoms with van der Waals surface area (Å²) in [6.45, 7) is 41.6. The highest BCUT2D eigenvalue weighted by molar-refractivity contribution is 5.88. The fourth-order valence-corrected chi connectivity index (χ4v) is 8.67. The summed E-state index contributed by atoms with van der Waals surface area (Å²) in [4.78, 5) is 0. The van der Waals surface area contributed by atoms with Crippen LogP contribution in [0.1, 0.15) is 104 Å². The predicted octanol–water partition coefficient (Wildman–Crippen LogP) is 11.2. The van der Waals surface area contributed by atoms with E-state index in [9.17, 15) is 0 Å². The Bertz CT molecular complexity index is 1370. The standard InChI is InChI=1S/C38H50/c1-23(2)32-26(5)20-37(13)22-36(12)21-31-30(17-15-24(3)19-35(9,10)11)18-16-25(4)33(31)27(6)34(36)29(8)38(37,14)28(32)7/h15-18H,1,3,6-7,19-22H2,2,4-5,8-14H3/b17-15+/t36-,37+,38-/m1/s1. The van der Waals surface area contributed by atoms with E-state index in [4.69, 9.17) is 13.2 Å². The van der Waals surface area contributed by atoms with Gasteiger partial charge in [0, 0.05) is 5.41 Å². The van der Waals surface area contributed by atoms with Crippen molar-refractivity contribution in [3.8, 4) is 0 Å². The second-order valence-corrected chi connectivity index (χ2v) is 14.7. The lowest BCUT2D eigenvalue weighted by molar-refractivity contribution is 0.0544. The molecule has 0 unspecified atom stereocenters. The molecule has 0 heteroatoms. The molecule has 0 saturated carbocycles. The number of allylic oxidation sites excluding steroid dienone is 9. The summed E-state index contributed by atoms with van der Waals surface area (Å²) in [6.07, 6.45) is 8.76. The average molecular weight is 507 g/mol. The molecule has 0 N–H and O–H groups in total. The Balaban J connectivity index is 1.89. The van der Waals surface area contributed by atoms with Crippen LogP contribution >= 0.6 is 0 Å². The van der Waals surface area contributed by atoms with Crippen molar-refractivity contribution in [3.05, 3.63) is 106 Å². The van der Waals surface area contributed by atoms with Crippen LogP contribution in [0.3, 0.4) is 0 Å². The van der Waals surface area contributed by atoms with Crippen LogP contribution in [0.5, 0.6) is 0 Å². The molecular formula is C38H50. The molecule has 0 nitrogen and oxygen atoms in total. The molecule has 3 aliphatic rings. The van der Waals surface area contributed by atoms with E-state index in [-0.39, 0.29) is 21.7 Å². The number of fused-ring (bicyclic) bond motifs is 3. The van der Waals surface area contributed by atoms with E-state index in [0.717, 1.165) is 31.3 Å². The number of hydrogen-bond donors (Lipinski definition) is 0. The molecule has 3 aliphatic carbocycles. The molecule has 0 saturated heterocycles. The summed E-state index contributed by atoms with van der Waals surface area (Å²) in [6, 6.07) is 4.57. The van der Waals surface area contributed by atoms with Gasteiger partial charge in [0.1, 0.15) is 0 Å². The minimum Gasteiger partial charge on any atom is -0.0958 e. The summed E-state index contributed by atoms with van der Waals surface area (Å²) in [7, 11) is 0. The van der Waals surface area contributed by atoms with Gasteiger partial charge in [-0.05, 0) is 114 Å². The zero-order chi connectivity index (χ0) is 28.6. The Morgan fingerprint density at radius 3 is 2.21 bits per heavy atom. The number of hydrogen-bond acceptors (Lipinski definition) is 0. The second kappa shape index (κ2) is 8.97. The zero-order valence-corrected chi connectivity index (χ0v) is 26.0. The molecule has 0 aliphatic heterocycles. The predicted molar refractivity (Wildman–Crippen MR) is 169 cm³/mol. The van der Waals surface area contributed by atoms with Crippen molar-refractivity contribution < 1.29 is 0 Å². The maximum absolute atomic E-state index is 4.81. The Kier molecular flexibility index (Phi) is 6.71. The van der Waals surface area contributed by atoms with Crippen LogP contribution in [0.15, 0.2) is 83.5 Å². The molecule has 0 radical (unpaired) electrons. The fourth-order valence-electron chi connectivity index (χ4n) is 8.67. The summed E-state index contributed by atoms with van der Waals surface area (Å²) in [5, 5.41) is 0. The minimum absolute atomic E-state index is 0.0303. The second-order valence-electron chi connectivity index (χ2n) is 14.7. The SMILES string of the molecule is C=C(/C=C/c1ccc(C)c2c1C[C@]1(C)C[C@]3(C)CC(C)=C(C(=C)C)C(=C)[C@]3(C)C(C)=C1C2=C)CC(C)(C)C. The average Bonchev–Trinajstić information content (AvgIpc) is 2.74. The molecule has 1 aromatic rings. The summed E-state index contributed by atoms with van der Waals surface area (Å²) in [5.74, 6) is 0. The third-order valence-electron chi connectivity index (χ3n) is 10.1. The quantitative estimate of drug-likeness (QED) is 0.356. The number of rotatable bonds is 4. The Labute approximate surface area is 233 Å². The highest BCUT2D eigenvalue weighted by Gasteiger charge is 2.59. The minimum atomic E-state index is -0.119. The molecule has 0 spiro atoms. The molecule has 38 heavy (non-hydrogen) atoms. The van der Waals surface area contributed by atoms with E-state index in [1.54, 1.807) is 0 Å². The first-order valence-electron chi connectivity index (χ1n) is 14.3. The normalized spacial score (nSPS) is 29.4. The molecule has 0 bridgehead atoms. The largest absolute Gasteiger partial charge is 0.0958 e. The van der Waals surface area contributed by atoms with E-state index in [1.165, 1.54) is 61.3 Å². The van der Waals surface area contributed by atoms with Crippen molar-refractivity contribution in [2.45, 2.75) is 94.9 Å². The van der Waals surface area contributed by atoms with Gasteiger partial charge in [0.25, 0.3) is 0 Å². The molecule has 0 heterocycles. The van der Waals surface area contributed by atoms with Gasteiger partial charge >= 0.3 is 0 Å². The Morgan fingerprint density at radius 2 is 1.63 bits per heavy atom. The molecule has 0 fully saturated rings. The van der Waals surface area contributed by atoms with E-state index in [1.807, 2.05) is 0 Å². The summed E-state index contributed by atoms with van der Waals surface area (Å²) in [5.41, 5.74) is 16.1. The third-order valence-corrected chi connectivity index (χ3v) is 10.1. The van der Waals surface area contributed by atoms with Crippen LogP contribution in [0, 0.1) is 28.6 Å². The molecule has 0 amide bonds. The van der Waals surface area contributed by atoms with E-state index in [0.29, 0.717) is 0 Å². The summed E-state index contributed by atoms with van der Waals surface area (Å²) >= 11 is 0. The Morgan fingerprint density at radius 1 is 1.00 bits per heavy atom. The number of benzene rings is 1. The summed E-state index contributed by atoms with van der Waals surface area (Å²) < 4.78 is 0. The molecule has 4 rings (SSSR count). The van der Waals surface area contributed by atoms with E-state index < -0.39 is 0 Å². The molecular weight excluding hydrogens is 456 g/mol. The molecule has 0 aromatic heterocycles. The first-order valence-corrected chi connectivity index (χ1v) is 14.3. The molecule has 3 atom stereocenters. The monoisotopic (exact) mass is 506 g/mol. The van der Waals surface area contributed by atoms with Crippen LogP contribution in [0.2, 0.25) is 0 Å². The van der Waals surface area contributed by atoms with Crippen LogP contribution < -0.4 is 0 Å². The lowest BCUT2D eigenvalue weighted by Gasteiger charge is -2.62. The number of aryl methyl sites for hydroxylation is 1. The highest BCUT2D eigenvalue weighted by Crippen LogP contribution is 2.70.